The number of benzene rings is 7. The first kappa shape index (κ1) is 11.9. The van der Waals surface area contributed by atoms with E-state index >= 15 is 0 Å². The summed E-state index contributed by atoms with van der Waals surface area (Å²) in [5.74, 6) is -0.847. The molecule has 230 valence electrons. The van der Waals surface area contributed by atoms with Crippen LogP contribution in [-0.2, 0) is 0 Å². The fourth-order valence-electron chi connectivity index (χ4n) is 5.67. The molecular weight excluding hydrogens is 597 g/mol. The van der Waals surface area contributed by atoms with Gasteiger partial charge in [0.15, 0.2) is 0 Å². The Morgan fingerprint density at radius 2 is 0.939 bits per heavy atom. The van der Waals surface area contributed by atoms with Gasteiger partial charge in [-0.15, -0.1) is 0 Å². The average Bonchev–Trinajstić information content (AvgIpc) is 4.08. The van der Waals surface area contributed by atoms with E-state index in [0.717, 1.165) is 9.13 Å². The van der Waals surface area contributed by atoms with Crippen LogP contribution in [0, 0.1) is 6.92 Å². The Bertz CT molecular complexity index is 4360. The third-order valence-corrected chi connectivity index (χ3v) is 7.79. The van der Waals surface area contributed by atoms with E-state index in [1.807, 2.05) is 0 Å². The van der Waals surface area contributed by atoms with Crippen LogP contribution in [0.1, 0.15) is 42.6 Å². The van der Waals surface area contributed by atoms with Gasteiger partial charge in [0.2, 0.25) is 5.95 Å². The third kappa shape index (κ3) is 4.31. The number of nitrogens with zero attached hydrogens (tertiary/aromatic N) is 4. The maximum absolute atomic E-state index is 10.1. The highest BCUT2D eigenvalue weighted by molar-refractivity contribution is 6.19. The highest BCUT2D eigenvalue weighted by Crippen LogP contribution is 2.40. The molecule has 3 aromatic heterocycles. The summed E-state index contributed by atoms with van der Waals surface area (Å²) >= 11 is 0. The van der Waals surface area contributed by atoms with Crippen LogP contribution in [0.15, 0.2) is 163 Å². The zero-order valence-electron chi connectivity index (χ0n) is 51.8. The maximum Gasteiger partial charge on any atom is 0.235 e. The van der Waals surface area contributed by atoms with Crippen LogP contribution in [0.2, 0.25) is 0 Å². The van der Waals surface area contributed by atoms with Gasteiger partial charge in [-0.2, -0.15) is 0 Å². The van der Waals surface area contributed by atoms with Crippen molar-refractivity contribution >= 4 is 54.5 Å². The van der Waals surface area contributed by atoms with Crippen molar-refractivity contribution in [3.8, 4) is 34.0 Å². The lowest BCUT2D eigenvalue weighted by atomic mass is 10.0. The van der Waals surface area contributed by atoms with Gasteiger partial charge in [0.25, 0.3) is 0 Å². The number of para-hydroxylation sites is 4. The highest BCUT2D eigenvalue weighted by atomic mass is 15.2. The molecular formula is C45H30N4. The second-order valence-electron chi connectivity index (χ2n) is 10.6. The van der Waals surface area contributed by atoms with E-state index in [9.17, 15) is 11.0 Å². The van der Waals surface area contributed by atoms with Gasteiger partial charge < -0.3 is 4.57 Å². The lowest BCUT2D eigenvalue weighted by Crippen LogP contribution is -2.03. The number of hydrogen-bond acceptors (Lipinski definition) is 2. The van der Waals surface area contributed by atoms with Crippen LogP contribution in [0.25, 0.3) is 88.5 Å². The molecule has 0 bridgehead atoms. The van der Waals surface area contributed by atoms with Gasteiger partial charge in [0, 0.05) is 38.2 Å². The predicted octanol–water partition coefficient (Wildman–Crippen LogP) is 11.5. The molecule has 0 aliphatic rings. The number of hydrogen-bond donors (Lipinski definition) is 0. The third-order valence-electron chi connectivity index (χ3n) is 7.79. The molecule has 49 heavy (non-hydrogen) atoms. The van der Waals surface area contributed by atoms with E-state index in [0.29, 0.717) is 0 Å². The van der Waals surface area contributed by atoms with Gasteiger partial charge in [-0.3, -0.25) is 4.57 Å². The molecule has 0 unspecified atom stereocenters. The van der Waals surface area contributed by atoms with Crippen molar-refractivity contribution in [1.29, 1.82) is 0 Å². The molecule has 7 aromatic carbocycles. The van der Waals surface area contributed by atoms with Crippen LogP contribution in [0.3, 0.4) is 0 Å². The van der Waals surface area contributed by atoms with Crippen molar-refractivity contribution in [3.05, 3.63) is 169 Å². The van der Waals surface area contributed by atoms with Gasteiger partial charge in [0.05, 0.1) is 70.3 Å². The Morgan fingerprint density at radius 3 is 1.61 bits per heavy atom. The van der Waals surface area contributed by atoms with Crippen LogP contribution in [0.4, 0.5) is 0 Å². The Hall–Kier alpha value is -6.52. The van der Waals surface area contributed by atoms with Crippen molar-refractivity contribution in [1.82, 2.24) is 19.1 Å². The molecule has 0 amide bonds. The van der Waals surface area contributed by atoms with E-state index in [-0.39, 0.29) is 5.56 Å². The quantitative estimate of drug-likeness (QED) is 0.189. The number of fused-ring (bicyclic) bond motifs is 7. The molecule has 0 N–H and O–H groups in total. The van der Waals surface area contributed by atoms with Crippen LogP contribution in [0.5, 0.6) is 0 Å². The lowest BCUT2D eigenvalue weighted by molar-refractivity contribution is 1.01. The Morgan fingerprint density at radius 1 is 0.429 bits per heavy atom. The lowest BCUT2D eigenvalue weighted by Gasteiger charge is -2.12. The predicted molar refractivity (Wildman–Crippen MR) is 204 cm³/mol. The molecule has 10 aromatic rings. The second-order valence-corrected chi connectivity index (χ2v) is 10.6. The molecule has 0 fully saturated rings. The number of rotatable bonds is 4. The smallest absolute Gasteiger partial charge is 0.235 e. The maximum atomic E-state index is 10.1. The minimum Gasteiger partial charge on any atom is -0.309 e. The van der Waals surface area contributed by atoms with Gasteiger partial charge >= 0.3 is 0 Å². The largest absolute Gasteiger partial charge is 0.309 e. The van der Waals surface area contributed by atoms with E-state index in [4.69, 9.17) is 26.0 Å². The summed E-state index contributed by atoms with van der Waals surface area (Å²) in [6.45, 7) is 1.31. The van der Waals surface area contributed by atoms with E-state index in [1.165, 1.54) is 6.92 Å². The Labute approximate surface area is 321 Å². The normalized spacial score (nSPS) is 19.5. The fourth-order valence-corrected chi connectivity index (χ4v) is 5.67. The summed E-state index contributed by atoms with van der Waals surface area (Å²) in [5, 5.41) is -2.80. The summed E-state index contributed by atoms with van der Waals surface area (Å²) in [4.78, 5) is 9.08. The topological polar surface area (TPSA) is 35.6 Å². The standard InChI is InChI=1S/C45H30N4/c1-29-19-21-30(22-20-29)31-23-25-32(26-24-31)44-36-15-5-8-16-39(36)46-45(47-44)49-41-18-10-7-14-35(41)38-27-42-37(28-43(38)49)34-13-6-9-17-40(34)48(42)33-11-3-2-4-12-33/h2-28H,1H3/i2D,3D,4D,5D,6D,7D,8D,9D,10D,11D,12D,13D,14D,15D,16D,17D,18D,19D,20D,21D,22D,23D,24D,25D,26D,27D,28D. The summed E-state index contributed by atoms with van der Waals surface area (Å²) in [5.41, 5.74) is -6.70. The van der Waals surface area contributed by atoms with Crippen molar-refractivity contribution in [3.63, 3.8) is 0 Å². The van der Waals surface area contributed by atoms with E-state index < -0.39 is 252 Å². The Kier molecular flexibility index (Phi) is 2.61. The van der Waals surface area contributed by atoms with Crippen molar-refractivity contribution < 1.29 is 37.0 Å². The van der Waals surface area contributed by atoms with Crippen LogP contribution in [-0.4, -0.2) is 19.1 Å². The minimum atomic E-state index is -0.984. The summed E-state index contributed by atoms with van der Waals surface area (Å²) < 4.78 is 243. The van der Waals surface area contributed by atoms with Crippen molar-refractivity contribution in [2.24, 2.45) is 0 Å². The molecule has 10 rings (SSSR count). The summed E-state index contributed by atoms with van der Waals surface area (Å²) in [6.07, 6.45) is 0. The molecule has 0 aliphatic carbocycles. The molecule has 4 heteroatoms. The summed E-state index contributed by atoms with van der Waals surface area (Å²) in [6, 6.07) is -22.9. The first-order valence-electron chi connectivity index (χ1n) is 28.0. The van der Waals surface area contributed by atoms with Gasteiger partial charge in [-0.05, 0) is 60.3 Å². The molecule has 0 saturated heterocycles. The van der Waals surface area contributed by atoms with Gasteiger partial charge in [0.1, 0.15) is 0 Å². The zero-order valence-corrected chi connectivity index (χ0v) is 24.8. The fraction of sp³-hybridized carbons (Fsp3) is 0.0222. The number of aromatic nitrogens is 4. The summed E-state index contributed by atoms with van der Waals surface area (Å²) in [7, 11) is 0. The molecule has 0 atom stereocenters. The van der Waals surface area contributed by atoms with Gasteiger partial charge in [-0.1, -0.05) is 126 Å². The van der Waals surface area contributed by atoms with Crippen molar-refractivity contribution in [2.45, 2.75) is 6.92 Å². The zero-order chi connectivity index (χ0) is 56.0. The molecule has 3 heterocycles. The average molecular weight is 654 g/mol. The molecule has 0 aliphatic heterocycles. The Balaban J connectivity index is 1.47. The SMILES string of the molecule is [2H]c1c([2H])c([2H])c(-n2c3c([2H])c([2H])c([2H])c([2H])c3c3c([2H])c4c(c([2H])c32)c2c([2H])c([2H])c([2H])c([2H])c2n4-c2nc(-c3c([2H])c([2H])c(-c4c([2H])c([2H])c(C)c([2H])c4[2H])c([2H])c3[2H])c3c([2H])c([2H])c([2H])c([2H])c3n2)c([2H])c1[2H]. The molecule has 4 nitrogen and oxygen atoms in total. The van der Waals surface area contributed by atoms with Crippen LogP contribution < -0.4 is 0 Å². The van der Waals surface area contributed by atoms with E-state index in [1.54, 1.807) is 0 Å². The minimum absolute atomic E-state index is 0.0759. The molecule has 0 spiro atoms. The first-order chi connectivity index (χ1) is 35.5. The molecule has 0 radical (unpaired) electrons. The van der Waals surface area contributed by atoms with E-state index in [2.05, 4.69) is 9.97 Å². The van der Waals surface area contributed by atoms with Gasteiger partial charge in [-0.25, -0.2) is 9.97 Å². The highest BCUT2D eigenvalue weighted by Gasteiger charge is 2.20. The first-order valence-corrected chi connectivity index (χ1v) is 14.5. The monoisotopic (exact) mass is 653 g/mol. The van der Waals surface area contributed by atoms with Crippen LogP contribution >= 0.6 is 0 Å². The molecule has 0 saturated carbocycles. The van der Waals surface area contributed by atoms with Crippen molar-refractivity contribution in [2.75, 3.05) is 0 Å². The second kappa shape index (κ2) is 10.8.